The van der Waals surface area contributed by atoms with E-state index in [1.54, 1.807) is 28.9 Å². The topological polar surface area (TPSA) is 87.5 Å². The lowest BCUT2D eigenvalue weighted by atomic mass is 9.74. The maximum absolute atomic E-state index is 13.2. The smallest absolute Gasteiger partial charge is 0.272 e. The van der Waals surface area contributed by atoms with Gasteiger partial charge in [-0.1, -0.05) is 30.3 Å². The van der Waals surface area contributed by atoms with Crippen molar-refractivity contribution in [3.8, 4) is 0 Å². The van der Waals surface area contributed by atoms with Crippen LogP contribution in [-0.2, 0) is 10.2 Å². The first-order valence-corrected chi connectivity index (χ1v) is 11.0. The van der Waals surface area contributed by atoms with E-state index in [4.69, 9.17) is 0 Å². The highest BCUT2D eigenvalue weighted by molar-refractivity contribution is 5.92. The van der Waals surface area contributed by atoms with Gasteiger partial charge in [0.25, 0.3) is 5.91 Å². The Bertz CT molecular complexity index is 895. The fourth-order valence-electron chi connectivity index (χ4n) is 4.69. The second-order valence-corrected chi connectivity index (χ2v) is 8.94. The van der Waals surface area contributed by atoms with E-state index in [9.17, 15) is 14.7 Å². The van der Waals surface area contributed by atoms with Crippen molar-refractivity contribution in [3.05, 3.63) is 53.9 Å². The van der Waals surface area contributed by atoms with E-state index >= 15 is 0 Å². The van der Waals surface area contributed by atoms with Gasteiger partial charge in [0.2, 0.25) is 5.91 Å². The average Bonchev–Trinajstić information content (AvgIpc) is 3.19. The number of benzene rings is 1. The summed E-state index contributed by atoms with van der Waals surface area (Å²) >= 11 is 0. The summed E-state index contributed by atoms with van der Waals surface area (Å²) in [6.45, 7) is 6.02. The van der Waals surface area contributed by atoms with Gasteiger partial charge >= 0.3 is 0 Å². The second-order valence-electron chi connectivity index (χ2n) is 8.94. The van der Waals surface area contributed by atoms with Gasteiger partial charge in [-0.05, 0) is 51.2 Å². The van der Waals surface area contributed by atoms with Crippen LogP contribution in [0.5, 0.6) is 0 Å². The van der Waals surface area contributed by atoms with Gasteiger partial charge in [0.1, 0.15) is 5.69 Å². The van der Waals surface area contributed by atoms with Crippen LogP contribution in [0.25, 0.3) is 0 Å². The lowest BCUT2D eigenvalue weighted by Gasteiger charge is -2.34. The number of carbonyl (C=O) groups is 2. The maximum atomic E-state index is 13.2. The first-order chi connectivity index (χ1) is 14.7. The summed E-state index contributed by atoms with van der Waals surface area (Å²) < 4.78 is 1.72. The van der Waals surface area contributed by atoms with E-state index < -0.39 is 6.10 Å². The molecule has 0 spiro atoms. The molecule has 1 aliphatic carbocycles. The Balaban J connectivity index is 1.84. The molecule has 2 aromatic rings. The predicted molar refractivity (Wildman–Crippen MR) is 120 cm³/mol. The molecule has 168 valence electrons. The molecule has 0 unspecified atom stereocenters. The molecule has 1 saturated carbocycles. The minimum Gasteiger partial charge on any atom is -0.391 e. The highest BCUT2D eigenvalue weighted by atomic mass is 16.3. The minimum atomic E-state index is -0.632. The van der Waals surface area contributed by atoms with Crippen LogP contribution in [0.4, 0.5) is 0 Å². The summed E-state index contributed by atoms with van der Waals surface area (Å²) in [6.07, 6.45) is 3.71. The summed E-state index contributed by atoms with van der Waals surface area (Å²) in [5, 5.41) is 18.3. The molecule has 3 atom stereocenters. The number of aliphatic hydroxyl groups excluding tert-OH is 1. The van der Waals surface area contributed by atoms with Crippen molar-refractivity contribution in [2.24, 2.45) is 0 Å². The summed E-state index contributed by atoms with van der Waals surface area (Å²) in [4.78, 5) is 26.6. The number of rotatable bonds is 6. The number of carbonyl (C=O) groups excluding carboxylic acids is 2. The van der Waals surface area contributed by atoms with Gasteiger partial charge in [0.15, 0.2) is 0 Å². The zero-order valence-corrected chi connectivity index (χ0v) is 18.9. The quantitative estimate of drug-likeness (QED) is 0.696. The third-order valence-corrected chi connectivity index (χ3v) is 6.54. The number of aromatic nitrogens is 2. The number of aliphatic hydroxyl groups is 1. The largest absolute Gasteiger partial charge is 0.391 e. The van der Waals surface area contributed by atoms with E-state index in [0.717, 1.165) is 18.4 Å². The molecule has 31 heavy (non-hydrogen) atoms. The lowest BCUT2D eigenvalue weighted by Crippen LogP contribution is -2.45. The second kappa shape index (κ2) is 9.64. The third kappa shape index (κ3) is 4.98. The van der Waals surface area contributed by atoms with Crippen molar-refractivity contribution in [2.45, 2.75) is 70.1 Å². The molecule has 7 nitrogen and oxygen atoms in total. The molecule has 0 saturated heterocycles. The predicted octanol–water partition coefficient (Wildman–Crippen LogP) is 2.91. The first-order valence-electron chi connectivity index (χ1n) is 11.0. The standard InChI is InChI=1S/C24H34N4O3/c1-17(2)28-21(12-15-26-28)23(31)27(4)20-10-13-24(14-11-22(20)30,16-25-18(3)29)19-8-6-5-7-9-19/h5-9,12,15,17,20,22,30H,10-11,13-14,16H2,1-4H3,(H,25,29)/t20-,22-,24-/m1/s1. The van der Waals surface area contributed by atoms with Crippen LogP contribution < -0.4 is 5.32 Å². The molecule has 2 amide bonds. The Kier molecular flexibility index (Phi) is 7.15. The Morgan fingerprint density at radius 3 is 2.55 bits per heavy atom. The zero-order valence-electron chi connectivity index (χ0n) is 18.9. The summed E-state index contributed by atoms with van der Waals surface area (Å²) in [6, 6.07) is 11.7. The molecule has 2 N–H and O–H groups in total. The van der Waals surface area contributed by atoms with E-state index in [1.807, 2.05) is 32.0 Å². The van der Waals surface area contributed by atoms with Gasteiger partial charge in [-0.2, -0.15) is 5.10 Å². The molecule has 7 heteroatoms. The molecule has 0 bridgehead atoms. The number of nitrogens with one attached hydrogen (secondary N) is 1. The Morgan fingerprint density at radius 2 is 1.90 bits per heavy atom. The molecule has 1 aromatic carbocycles. The molecule has 0 radical (unpaired) electrons. The lowest BCUT2D eigenvalue weighted by molar-refractivity contribution is -0.119. The summed E-state index contributed by atoms with van der Waals surface area (Å²) in [7, 11) is 1.76. The Morgan fingerprint density at radius 1 is 1.23 bits per heavy atom. The van der Waals surface area contributed by atoms with Crippen molar-refractivity contribution in [2.75, 3.05) is 13.6 Å². The maximum Gasteiger partial charge on any atom is 0.272 e. The molecule has 1 aliphatic rings. The number of amides is 2. The van der Waals surface area contributed by atoms with Crippen LogP contribution in [0.1, 0.15) is 68.5 Å². The fraction of sp³-hybridized carbons (Fsp3) is 0.542. The van der Waals surface area contributed by atoms with Gasteiger partial charge in [-0.15, -0.1) is 0 Å². The van der Waals surface area contributed by atoms with Crippen LogP contribution in [0, 0.1) is 0 Å². The van der Waals surface area contributed by atoms with Gasteiger partial charge in [-0.25, -0.2) is 0 Å². The van der Waals surface area contributed by atoms with Crippen molar-refractivity contribution >= 4 is 11.8 Å². The normalized spacial score (nSPS) is 23.9. The van der Waals surface area contributed by atoms with Gasteiger partial charge in [-0.3, -0.25) is 14.3 Å². The number of likely N-dealkylation sites (N-methyl/N-ethyl adjacent to an activating group) is 1. The van der Waals surface area contributed by atoms with E-state index in [-0.39, 0.29) is 29.3 Å². The highest BCUT2D eigenvalue weighted by Crippen LogP contribution is 2.39. The van der Waals surface area contributed by atoms with Crippen LogP contribution in [-0.4, -0.2) is 57.3 Å². The first kappa shape index (κ1) is 23.0. The van der Waals surface area contributed by atoms with Gasteiger partial charge < -0.3 is 15.3 Å². The average molecular weight is 427 g/mol. The van der Waals surface area contributed by atoms with Gasteiger partial charge in [0.05, 0.1) is 12.1 Å². The van der Waals surface area contributed by atoms with E-state index in [1.165, 1.54) is 6.92 Å². The summed E-state index contributed by atoms with van der Waals surface area (Å²) in [5.74, 6) is -0.199. The number of hydrogen-bond acceptors (Lipinski definition) is 4. The Labute approximate surface area is 184 Å². The van der Waals surface area contributed by atoms with Crippen LogP contribution in [0.2, 0.25) is 0 Å². The molecule has 1 heterocycles. The van der Waals surface area contributed by atoms with Crippen molar-refractivity contribution in [3.63, 3.8) is 0 Å². The molecule has 3 rings (SSSR count). The van der Waals surface area contributed by atoms with Crippen molar-refractivity contribution in [1.29, 1.82) is 0 Å². The van der Waals surface area contributed by atoms with Crippen LogP contribution in [0.15, 0.2) is 42.6 Å². The van der Waals surface area contributed by atoms with Crippen molar-refractivity contribution < 1.29 is 14.7 Å². The molecular formula is C24H34N4O3. The van der Waals surface area contributed by atoms with Crippen molar-refractivity contribution in [1.82, 2.24) is 20.0 Å². The Hall–Kier alpha value is -2.67. The number of hydrogen-bond donors (Lipinski definition) is 2. The molecule has 0 aliphatic heterocycles. The zero-order chi connectivity index (χ0) is 22.6. The third-order valence-electron chi connectivity index (χ3n) is 6.54. The molecule has 1 fully saturated rings. The van der Waals surface area contributed by atoms with E-state index in [0.29, 0.717) is 25.1 Å². The molecular weight excluding hydrogens is 392 g/mol. The van der Waals surface area contributed by atoms with Crippen LogP contribution >= 0.6 is 0 Å². The highest BCUT2D eigenvalue weighted by Gasteiger charge is 2.40. The monoisotopic (exact) mass is 426 g/mol. The van der Waals surface area contributed by atoms with E-state index in [2.05, 4.69) is 22.5 Å². The fourth-order valence-corrected chi connectivity index (χ4v) is 4.69. The number of nitrogens with zero attached hydrogens (tertiary/aromatic N) is 3. The minimum absolute atomic E-state index is 0.0640. The summed E-state index contributed by atoms with van der Waals surface area (Å²) in [5.41, 5.74) is 1.41. The van der Waals surface area contributed by atoms with Gasteiger partial charge in [0, 0.05) is 38.2 Å². The SMILES string of the molecule is CC(=O)NC[C@]1(c2ccccc2)CC[C@@H](O)[C@H](N(C)C(=O)c2ccnn2C(C)C)CC1. The molecule has 1 aromatic heterocycles. The van der Waals surface area contributed by atoms with Crippen LogP contribution in [0.3, 0.4) is 0 Å².